The predicted octanol–water partition coefficient (Wildman–Crippen LogP) is 0.0259. The Kier molecular flexibility index (Phi) is 5.53. The van der Waals surface area contributed by atoms with Gasteiger partial charge in [-0.1, -0.05) is 18.2 Å². The fraction of sp³-hybridized carbons (Fsp3) is 0.500. The van der Waals surface area contributed by atoms with E-state index in [1.54, 1.807) is 14.7 Å². The lowest BCUT2D eigenvalue weighted by molar-refractivity contribution is -0.142. The van der Waals surface area contributed by atoms with Crippen LogP contribution in [0.1, 0.15) is 6.42 Å². The van der Waals surface area contributed by atoms with Crippen LogP contribution in [0.2, 0.25) is 0 Å². The lowest BCUT2D eigenvalue weighted by Gasteiger charge is -2.37. The van der Waals surface area contributed by atoms with Gasteiger partial charge in [0.1, 0.15) is 6.42 Å². The lowest BCUT2D eigenvalue weighted by Crippen LogP contribution is -2.51. The number of rotatable bonds is 4. The standard InChI is InChI=1S/C18H24N4O3/c23-15-19-6-8-21(9-7-19)17(24)14-18(25)22-12-10-20(11-13-22)16-4-2-1-3-5-16/h1-5,15H,6-14H2. The topological polar surface area (TPSA) is 64.2 Å². The van der Waals surface area contributed by atoms with E-state index in [0.29, 0.717) is 39.3 Å². The molecule has 7 nitrogen and oxygen atoms in total. The summed E-state index contributed by atoms with van der Waals surface area (Å²) in [6.45, 7) is 4.93. The molecular weight excluding hydrogens is 320 g/mol. The minimum atomic E-state index is -0.138. The van der Waals surface area contributed by atoms with Gasteiger partial charge >= 0.3 is 0 Å². The van der Waals surface area contributed by atoms with Crippen LogP contribution >= 0.6 is 0 Å². The van der Waals surface area contributed by atoms with E-state index in [1.807, 2.05) is 18.2 Å². The SMILES string of the molecule is O=CN1CCN(C(=O)CC(=O)N2CCN(c3ccccc3)CC2)CC1. The van der Waals surface area contributed by atoms with Crippen molar-refractivity contribution >= 4 is 23.9 Å². The molecule has 1 aromatic rings. The van der Waals surface area contributed by atoms with Gasteiger partial charge < -0.3 is 19.6 Å². The van der Waals surface area contributed by atoms with Gasteiger partial charge in [-0.2, -0.15) is 0 Å². The molecule has 2 aliphatic rings. The first kappa shape index (κ1) is 17.3. The minimum absolute atomic E-state index is 0.0770. The van der Waals surface area contributed by atoms with Crippen molar-refractivity contribution in [1.29, 1.82) is 0 Å². The Morgan fingerprint density at radius 1 is 0.800 bits per heavy atom. The zero-order chi connectivity index (χ0) is 17.6. The molecule has 134 valence electrons. The quantitative estimate of drug-likeness (QED) is 0.571. The van der Waals surface area contributed by atoms with Crippen LogP contribution in [0.4, 0.5) is 5.69 Å². The first-order chi connectivity index (χ1) is 12.2. The van der Waals surface area contributed by atoms with Gasteiger partial charge in [-0.15, -0.1) is 0 Å². The van der Waals surface area contributed by atoms with Crippen molar-refractivity contribution in [1.82, 2.24) is 14.7 Å². The molecule has 0 aromatic heterocycles. The Morgan fingerprint density at radius 3 is 1.84 bits per heavy atom. The van der Waals surface area contributed by atoms with Crippen molar-refractivity contribution in [2.75, 3.05) is 57.3 Å². The molecule has 3 rings (SSSR count). The maximum absolute atomic E-state index is 12.4. The van der Waals surface area contributed by atoms with E-state index < -0.39 is 0 Å². The zero-order valence-corrected chi connectivity index (χ0v) is 14.3. The summed E-state index contributed by atoms with van der Waals surface area (Å²) in [5.41, 5.74) is 1.17. The summed E-state index contributed by atoms with van der Waals surface area (Å²) in [5.74, 6) is -0.239. The summed E-state index contributed by atoms with van der Waals surface area (Å²) in [5, 5.41) is 0. The molecule has 0 atom stereocenters. The number of anilines is 1. The van der Waals surface area contributed by atoms with Crippen LogP contribution in [-0.2, 0) is 14.4 Å². The van der Waals surface area contributed by atoms with E-state index in [2.05, 4.69) is 17.0 Å². The number of hydrogen-bond donors (Lipinski definition) is 0. The molecule has 0 saturated carbocycles. The van der Waals surface area contributed by atoms with Crippen molar-refractivity contribution in [2.45, 2.75) is 6.42 Å². The van der Waals surface area contributed by atoms with Gasteiger partial charge in [0.25, 0.3) is 0 Å². The summed E-state index contributed by atoms with van der Waals surface area (Å²) >= 11 is 0. The molecule has 0 radical (unpaired) electrons. The van der Waals surface area contributed by atoms with Gasteiger partial charge in [-0.3, -0.25) is 14.4 Å². The number of carbonyl (C=O) groups is 3. The normalized spacial score (nSPS) is 18.2. The highest BCUT2D eigenvalue weighted by Crippen LogP contribution is 2.16. The number of benzene rings is 1. The van der Waals surface area contributed by atoms with E-state index in [-0.39, 0.29) is 18.2 Å². The van der Waals surface area contributed by atoms with Crippen molar-refractivity contribution in [3.05, 3.63) is 30.3 Å². The van der Waals surface area contributed by atoms with E-state index in [4.69, 9.17) is 0 Å². The van der Waals surface area contributed by atoms with E-state index in [0.717, 1.165) is 19.5 Å². The maximum Gasteiger partial charge on any atom is 0.232 e. The number of amides is 3. The van der Waals surface area contributed by atoms with Crippen molar-refractivity contribution in [2.24, 2.45) is 0 Å². The molecule has 25 heavy (non-hydrogen) atoms. The number of piperazine rings is 2. The summed E-state index contributed by atoms with van der Waals surface area (Å²) in [6, 6.07) is 10.1. The molecule has 3 amide bonds. The van der Waals surface area contributed by atoms with Crippen LogP contribution in [0.25, 0.3) is 0 Å². The Balaban J connectivity index is 1.45. The van der Waals surface area contributed by atoms with Crippen molar-refractivity contribution in [3.8, 4) is 0 Å². The zero-order valence-electron chi connectivity index (χ0n) is 14.3. The molecule has 0 spiro atoms. The Labute approximate surface area is 147 Å². The number of hydrogen-bond acceptors (Lipinski definition) is 4. The second kappa shape index (κ2) is 8.00. The highest BCUT2D eigenvalue weighted by Gasteiger charge is 2.26. The largest absolute Gasteiger partial charge is 0.368 e. The predicted molar refractivity (Wildman–Crippen MR) is 94.1 cm³/mol. The van der Waals surface area contributed by atoms with Crippen LogP contribution in [0.3, 0.4) is 0 Å². The third kappa shape index (κ3) is 4.29. The average molecular weight is 344 g/mol. The van der Waals surface area contributed by atoms with Crippen molar-refractivity contribution < 1.29 is 14.4 Å². The molecule has 0 unspecified atom stereocenters. The molecule has 2 heterocycles. The van der Waals surface area contributed by atoms with E-state index in [1.165, 1.54) is 5.69 Å². The Bertz CT molecular complexity index is 606. The van der Waals surface area contributed by atoms with Gasteiger partial charge in [0, 0.05) is 58.0 Å². The summed E-state index contributed by atoms with van der Waals surface area (Å²) in [4.78, 5) is 42.8. The smallest absolute Gasteiger partial charge is 0.232 e. The molecular formula is C18H24N4O3. The summed E-state index contributed by atoms with van der Waals surface area (Å²) in [7, 11) is 0. The molecule has 1 aromatic carbocycles. The fourth-order valence-electron chi connectivity index (χ4n) is 3.28. The third-order valence-electron chi connectivity index (χ3n) is 4.87. The van der Waals surface area contributed by atoms with Gasteiger partial charge in [-0.05, 0) is 12.1 Å². The molecule has 0 N–H and O–H groups in total. The van der Waals surface area contributed by atoms with Crippen LogP contribution in [0.5, 0.6) is 0 Å². The highest BCUT2D eigenvalue weighted by atomic mass is 16.2. The highest BCUT2D eigenvalue weighted by molar-refractivity contribution is 5.97. The first-order valence-corrected chi connectivity index (χ1v) is 8.72. The van der Waals surface area contributed by atoms with Crippen LogP contribution in [-0.4, -0.2) is 85.3 Å². The number of nitrogens with zero attached hydrogens (tertiary/aromatic N) is 4. The maximum atomic E-state index is 12.4. The van der Waals surface area contributed by atoms with Crippen LogP contribution < -0.4 is 4.90 Å². The summed E-state index contributed by atoms with van der Waals surface area (Å²) in [6.07, 6.45) is 0.728. The van der Waals surface area contributed by atoms with E-state index >= 15 is 0 Å². The first-order valence-electron chi connectivity index (χ1n) is 8.72. The van der Waals surface area contributed by atoms with Crippen LogP contribution in [0.15, 0.2) is 30.3 Å². The lowest BCUT2D eigenvalue weighted by atomic mass is 10.2. The van der Waals surface area contributed by atoms with Gasteiger partial charge in [0.2, 0.25) is 18.2 Å². The van der Waals surface area contributed by atoms with Gasteiger partial charge in [0.05, 0.1) is 0 Å². The molecule has 2 fully saturated rings. The fourth-order valence-corrected chi connectivity index (χ4v) is 3.28. The minimum Gasteiger partial charge on any atom is -0.368 e. The van der Waals surface area contributed by atoms with Crippen LogP contribution in [0, 0.1) is 0 Å². The third-order valence-corrected chi connectivity index (χ3v) is 4.87. The van der Waals surface area contributed by atoms with Gasteiger partial charge in [-0.25, -0.2) is 0 Å². The molecule has 0 aliphatic carbocycles. The second-order valence-electron chi connectivity index (χ2n) is 6.40. The molecule has 2 saturated heterocycles. The average Bonchev–Trinajstić information content (AvgIpc) is 2.68. The molecule has 7 heteroatoms. The molecule has 2 aliphatic heterocycles. The van der Waals surface area contributed by atoms with Crippen molar-refractivity contribution in [3.63, 3.8) is 0 Å². The van der Waals surface area contributed by atoms with E-state index in [9.17, 15) is 14.4 Å². The Morgan fingerprint density at radius 2 is 1.32 bits per heavy atom. The van der Waals surface area contributed by atoms with Gasteiger partial charge in [0.15, 0.2) is 0 Å². The summed E-state index contributed by atoms with van der Waals surface area (Å²) < 4.78 is 0. The molecule has 0 bridgehead atoms. The Hall–Kier alpha value is -2.57. The number of carbonyl (C=O) groups excluding carboxylic acids is 3. The second-order valence-corrected chi connectivity index (χ2v) is 6.40. The number of para-hydroxylation sites is 1. The monoisotopic (exact) mass is 344 g/mol.